The number of anilines is 2. The maximum Gasteiger partial charge on any atom is 0.415 e. The Balaban J connectivity index is 0.00000272. The summed E-state index contributed by atoms with van der Waals surface area (Å²) in [5.74, 6) is 2.77. The van der Waals surface area contributed by atoms with Crippen molar-refractivity contribution in [1.82, 2.24) is 9.97 Å². The molecule has 3 heterocycles. The molecule has 1 fully saturated rings. The minimum atomic E-state index is -0.330. The first-order chi connectivity index (χ1) is 14.5. The lowest BCUT2D eigenvalue weighted by molar-refractivity contribution is 0.175. The number of nitrogens with zero attached hydrogens (tertiary/aromatic N) is 3. The predicted molar refractivity (Wildman–Crippen MR) is 118 cm³/mol. The normalized spacial score (nSPS) is 23.2. The first-order valence-corrected chi connectivity index (χ1v) is 10.7. The van der Waals surface area contributed by atoms with E-state index in [4.69, 9.17) is 9.47 Å². The topological polar surface area (TPSA) is 76.6 Å². The summed E-state index contributed by atoms with van der Waals surface area (Å²) in [5.41, 5.74) is 2.27. The fraction of sp³-hybridized carbons (Fsp3) is 0.522. The Labute approximate surface area is 179 Å². The highest BCUT2D eigenvalue weighted by Gasteiger charge is 2.41. The predicted octanol–water partition coefficient (Wildman–Crippen LogP) is 4.97. The first-order valence-electron chi connectivity index (χ1n) is 10.7. The van der Waals surface area contributed by atoms with Crippen LogP contribution in [0.1, 0.15) is 52.2 Å². The third-order valence-corrected chi connectivity index (χ3v) is 5.88. The van der Waals surface area contributed by atoms with Gasteiger partial charge in [0.15, 0.2) is 0 Å². The van der Waals surface area contributed by atoms with E-state index in [2.05, 4.69) is 55.1 Å². The first kappa shape index (κ1) is 20.4. The van der Waals surface area contributed by atoms with Crippen LogP contribution in [0.25, 0.3) is 0 Å². The Morgan fingerprint density at radius 2 is 2.20 bits per heavy atom. The van der Waals surface area contributed by atoms with Gasteiger partial charge < -0.3 is 14.8 Å². The molecule has 1 amide bonds. The van der Waals surface area contributed by atoms with E-state index in [0.29, 0.717) is 30.9 Å². The quantitative estimate of drug-likeness (QED) is 0.747. The summed E-state index contributed by atoms with van der Waals surface area (Å²) in [6, 6.07) is 8.11. The lowest BCUT2D eigenvalue weighted by Crippen LogP contribution is -2.39. The Morgan fingerprint density at radius 3 is 2.93 bits per heavy atom. The summed E-state index contributed by atoms with van der Waals surface area (Å²) in [7, 11) is 0. The van der Waals surface area contributed by atoms with Gasteiger partial charge in [0.05, 0.1) is 18.7 Å². The van der Waals surface area contributed by atoms with E-state index in [1.165, 1.54) is 0 Å². The van der Waals surface area contributed by atoms with Gasteiger partial charge in [-0.3, -0.25) is 4.90 Å². The van der Waals surface area contributed by atoms with E-state index < -0.39 is 0 Å². The molecule has 1 aromatic carbocycles. The van der Waals surface area contributed by atoms with Crippen LogP contribution in [0.15, 0.2) is 30.5 Å². The van der Waals surface area contributed by atoms with Crippen LogP contribution in [0.2, 0.25) is 0 Å². The van der Waals surface area contributed by atoms with Gasteiger partial charge in [0.2, 0.25) is 5.95 Å². The van der Waals surface area contributed by atoms with Gasteiger partial charge >= 0.3 is 6.09 Å². The number of carbonyl (C=O) groups is 1. The summed E-state index contributed by atoms with van der Waals surface area (Å²) in [5, 5.41) is 3.50. The molecule has 1 saturated heterocycles. The number of carbonyl (C=O) groups excluding carboxylic acids is 1. The van der Waals surface area contributed by atoms with Crippen molar-refractivity contribution >= 4 is 17.9 Å². The molecule has 4 rings (SSSR count). The average molecular weight is 413 g/mol. The maximum absolute atomic E-state index is 12.4. The summed E-state index contributed by atoms with van der Waals surface area (Å²) < 4.78 is 11.3. The minimum absolute atomic E-state index is 0. The van der Waals surface area contributed by atoms with Gasteiger partial charge in [-0.05, 0) is 48.4 Å². The molecule has 30 heavy (non-hydrogen) atoms. The Bertz CT molecular complexity index is 923. The molecule has 1 unspecified atom stereocenters. The van der Waals surface area contributed by atoms with Gasteiger partial charge in [-0.1, -0.05) is 39.3 Å². The second-order valence-corrected chi connectivity index (χ2v) is 8.58. The highest BCUT2D eigenvalue weighted by molar-refractivity contribution is 5.89. The van der Waals surface area contributed by atoms with E-state index in [1.54, 1.807) is 17.2 Å². The molecule has 0 radical (unpaired) electrons. The zero-order valence-electron chi connectivity index (χ0n) is 18.1. The summed E-state index contributed by atoms with van der Waals surface area (Å²) >= 11 is 0. The lowest BCUT2D eigenvalue weighted by Gasteiger charge is -2.29. The minimum Gasteiger partial charge on any atom is -0.493 e. The fourth-order valence-corrected chi connectivity index (χ4v) is 4.24. The molecular weight excluding hydrogens is 380 g/mol. The molecule has 1 N–H and O–H groups in total. The van der Waals surface area contributed by atoms with Crippen molar-refractivity contribution < 1.29 is 15.7 Å². The number of benzene rings is 1. The highest BCUT2D eigenvalue weighted by atomic mass is 16.6. The smallest absolute Gasteiger partial charge is 0.415 e. The molecule has 0 spiro atoms. The van der Waals surface area contributed by atoms with Crippen molar-refractivity contribution in [3.05, 3.63) is 41.6 Å². The maximum atomic E-state index is 12.4. The lowest BCUT2D eigenvalue weighted by atomic mass is 9.87. The number of aryl methyl sites for hydroxylation is 1. The molecule has 162 valence electrons. The number of hydrogen-bond acceptors (Lipinski definition) is 6. The van der Waals surface area contributed by atoms with Crippen LogP contribution in [-0.4, -0.2) is 35.3 Å². The van der Waals surface area contributed by atoms with Gasteiger partial charge in [-0.2, -0.15) is 4.98 Å². The zero-order valence-corrected chi connectivity index (χ0v) is 18.1. The van der Waals surface area contributed by atoms with Crippen molar-refractivity contribution in [2.45, 2.75) is 52.6 Å². The number of amides is 1. The standard InChI is InChI=1S/C23H30N4O3.H2/c1-5-16-11-18(17-6-7-20(15(4)10-17)29-12-14(2)3)25-22-24-9-8-21(26-22)27-19(16)13-30-23(27)28;/h6-10,14,16,18-19H,5,11-13H2,1-4H3,(H,24,25,26);1H/t16?,18-,19+;/m0./s1. The van der Waals surface area contributed by atoms with Crippen LogP contribution >= 0.6 is 0 Å². The second-order valence-electron chi connectivity index (χ2n) is 8.58. The number of aromatic nitrogens is 2. The number of rotatable bonds is 5. The Kier molecular flexibility index (Phi) is 5.79. The highest BCUT2D eigenvalue weighted by Crippen LogP contribution is 2.37. The third-order valence-electron chi connectivity index (χ3n) is 5.88. The van der Waals surface area contributed by atoms with Gasteiger partial charge in [-0.15, -0.1) is 0 Å². The van der Waals surface area contributed by atoms with Crippen LogP contribution in [0.5, 0.6) is 5.75 Å². The number of cyclic esters (lactones) is 1. The number of fused-ring (bicyclic) bond motifs is 4. The van der Waals surface area contributed by atoms with Gasteiger partial charge in [0.25, 0.3) is 0 Å². The van der Waals surface area contributed by atoms with Gasteiger partial charge in [0, 0.05) is 7.62 Å². The van der Waals surface area contributed by atoms with Crippen molar-refractivity contribution in [3.63, 3.8) is 0 Å². The molecule has 2 aromatic rings. The monoisotopic (exact) mass is 412 g/mol. The molecule has 3 atom stereocenters. The summed E-state index contributed by atoms with van der Waals surface area (Å²) in [6.07, 6.45) is 3.14. The van der Waals surface area contributed by atoms with Crippen LogP contribution in [-0.2, 0) is 4.74 Å². The molecule has 1 aromatic heterocycles. The molecule has 7 heteroatoms. The van der Waals surface area contributed by atoms with Crippen LogP contribution in [0, 0.1) is 18.8 Å². The molecule has 2 aliphatic rings. The largest absolute Gasteiger partial charge is 0.493 e. The van der Waals surface area contributed by atoms with Crippen molar-refractivity contribution in [2.75, 3.05) is 23.4 Å². The SMILES string of the molecule is CCC1C[C@@H](c2ccc(OCC(C)C)c(C)c2)Nc2nccc(n2)N2C(=O)OC[C@H]12.[HH]. The molecule has 0 saturated carbocycles. The Hall–Kier alpha value is -2.83. The molecule has 2 aliphatic heterocycles. The molecular formula is C23H32N4O3. The zero-order chi connectivity index (χ0) is 21.3. The second kappa shape index (κ2) is 8.50. The summed E-state index contributed by atoms with van der Waals surface area (Å²) in [6.45, 7) is 9.62. The number of ether oxygens (including phenoxy) is 2. The molecule has 0 aliphatic carbocycles. The molecule has 2 bridgehead atoms. The van der Waals surface area contributed by atoms with E-state index in [1.807, 2.05) is 6.07 Å². The van der Waals surface area contributed by atoms with Crippen LogP contribution in [0.4, 0.5) is 16.6 Å². The average Bonchev–Trinajstić information content (AvgIpc) is 3.12. The van der Waals surface area contributed by atoms with E-state index >= 15 is 0 Å². The number of nitrogens with one attached hydrogen (secondary N) is 1. The van der Waals surface area contributed by atoms with E-state index in [9.17, 15) is 4.79 Å². The van der Waals surface area contributed by atoms with Gasteiger partial charge in [-0.25, -0.2) is 9.78 Å². The fourth-order valence-electron chi connectivity index (χ4n) is 4.24. The van der Waals surface area contributed by atoms with Crippen molar-refractivity contribution in [2.24, 2.45) is 11.8 Å². The van der Waals surface area contributed by atoms with Gasteiger partial charge in [0.1, 0.15) is 18.2 Å². The van der Waals surface area contributed by atoms with Crippen LogP contribution < -0.4 is 15.0 Å². The number of hydrogen-bond donors (Lipinski definition) is 1. The molecule has 7 nitrogen and oxygen atoms in total. The Morgan fingerprint density at radius 1 is 1.37 bits per heavy atom. The van der Waals surface area contributed by atoms with Crippen LogP contribution in [0.3, 0.4) is 0 Å². The van der Waals surface area contributed by atoms with E-state index in [-0.39, 0.29) is 25.5 Å². The van der Waals surface area contributed by atoms with Crippen molar-refractivity contribution in [1.29, 1.82) is 0 Å². The van der Waals surface area contributed by atoms with Crippen molar-refractivity contribution in [3.8, 4) is 5.75 Å². The third kappa shape index (κ3) is 4.06. The van der Waals surface area contributed by atoms with E-state index in [0.717, 1.165) is 29.7 Å². The summed E-state index contributed by atoms with van der Waals surface area (Å²) in [4.78, 5) is 23.1.